The largest absolute Gasteiger partial charge is 0.362 e. The molecule has 0 amide bonds. The van der Waals surface area contributed by atoms with Crippen LogP contribution in [0, 0.1) is 0 Å². The Hall–Kier alpha value is -2.14. The van der Waals surface area contributed by atoms with Crippen molar-refractivity contribution in [2.75, 3.05) is 18.9 Å². The highest BCUT2D eigenvalue weighted by molar-refractivity contribution is 5.32. The quantitative estimate of drug-likeness (QED) is 0.851. The van der Waals surface area contributed by atoms with Gasteiger partial charge in [-0.1, -0.05) is 30.3 Å². The molecule has 0 fully saturated rings. The Kier molecular flexibility index (Phi) is 5.72. The number of benzene rings is 1. The van der Waals surface area contributed by atoms with Gasteiger partial charge in [-0.05, 0) is 26.5 Å². The molecule has 1 aromatic heterocycles. The second kappa shape index (κ2) is 7.75. The van der Waals surface area contributed by atoms with Gasteiger partial charge in [0.1, 0.15) is 0 Å². The molecule has 0 aliphatic carbocycles. The van der Waals surface area contributed by atoms with Crippen molar-refractivity contribution in [1.29, 1.82) is 0 Å². The van der Waals surface area contributed by atoms with Crippen LogP contribution in [0.25, 0.3) is 0 Å². The molecule has 0 saturated heterocycles. The highest BCUT2D eigenvalue weighted by Gasteiger charge is 2.10. The van der Waals surface area contributed by atoms with Gasteiger partial charge in [-0.25, -0.2) is 4.98 Å². The van der Waals surface area contributed by atoms with Crippen LogP contribution in [0.15, 0.2) is 47.5 Å². The molecule has 0 radical (unpaired) electrons. The normalized spacial score (nSPS) is 12.4. The van der Waals surface area contributed by atoms with Crippen LogP contribution in [-0.2, 0) is 13.1 Å². The second-order valence-corrected chi connectivity index (χ2v) is 5.59. The predicted octanol–water partition coefficient (Wildman–Crippen LogP) is 2.20. The van der Waals surface area contributed by atoms with Crippen molar-refractivity contribution in [2.24, 2.45) is 0 Å². The maximum Gasteiger partial charge on any atom is 0.293 e. The molecule has 2 aromatic rings. The van der Waals surface area contributed by atoms with Gasteiger partial charge in [-0.3, -0.25) is 4.79 Å². The lowest BCUT2D eigenvalue weighted by atomic mass is 10.2. The van der Waals surface area contributed by atoms with Gasteiger partial charge in [-0.2, -0.15) is 0 Å². The van der Waals surface area contributed by atoms with Crippen LogP contribution in [0.2, 0.25) is 0 Å². The van der Waals surface area contributed by atoms with Gasteiger partial charge in [0.05, 0.1) is 0 Å². The Morgan fingerprint density at radius 1 is 1.32 bits per heavy atom. The summed E-state index contributed by atoms with van der Waals surface area (Å²) < 4.78 is 1.65. The minimum Gasteiger partial charge on any atom is -0.362 e. The fourth-order valence-corrected chi connectivity index (χ4v) is 2.50. The lowest BCUT2D eigenvalue weighted by molar-refractivity contribution is 0.316. The van der Waals surface area contributed by atoms with Gasteiger partial charge < -0.3 is 14.8 Å². The molecule has 0 saturated carbocycles. The van der Waals surface area contributed by atoms with Crippen molar-refractivity contribution in [3.05, 3.63) is 58.6 Å². The van der Waals surface area contributed by atoms with Gasteiger partial charge in [-0.15, -0.1) is 0 Å². The van der Waals surface area contributed by atoms with Crippen molar-refractivity contribution >= 4 is 5.82 Å². The Morgan fingerprint density at radius 3 is 2.73 bits per heavy atom. The Labute approximate surface area is 131 Å². The average Bonchev–Trinajstić information content (AvgIpc) is 2.50. The zero-order valence-corrected chi connectivity index (χ0v) is 13.5. The summed E-state index contributed by atoms with van der Waals surface area (Å²) >= 11 is 0. The zero-order valence-electron chi connectivity index (χ0n) is 13.5. The molecule has 118 valence electrons. The molecule has 1 N–H and O–H groups in total. The third kappa shape index (κ3) is 4.43. The van der Waals surface area contributed by atoms with Gasteiger partial charge in [0.25, 0.3) is 5.56 Å². The van der Waals surface area contributed by atoms with E-state index < -0.39 is 0 Å². The molecule has 22 heavy (non-hydrogen) atoms. The number of nitrogens with one attached hydrogen (secondary N) is 1. The third-order valence-corrected chi connectivity index (χ3v) is 3.52. The summed E-state index contributed by atoms with van der Waals surface area (Å²) in [5.74, 6) is 0.421. The highest BCUT2D eigenvalue weighted by atomic mass is 16.1. The number of anilines is 1. The molecule has 5 heteroatoms. The molecule has 1 unspecified atom stereocenters. The number of rotatable bonds is 7. The average molecular weight is 300 g/mol. The van der Waals surface area contributed by atoms with Crippen molar-refractivity contribution in [1.82, 2.24) is 14.5 Å². The number of aryl methyl sites for hydroxylation is 1. The number of hydrogen-bond acceptors (Lipinski definition) is 4. The lowest BCUT2D eigenvalue weighted by Gasteiger charge is -2.22. The van der Waals surface area contributed by atoms with Gasteiger partial charge >= 0.3 is 0 Å². The van der Waals surface area contributed by atoms with E-state index in [1.165, 1.54) is 5.56 Å². The molecule has 0 bridgehead atoms. The van der Waals surface area contributed by atoms with Gasteiger partial charge in [0, 0.05) is 38.1 Å². The van der Waals surface area contributed by atoms with Crippen molar-refractivity contribution in [2.45, 2.75) is 33.0 Å². The summed E-state index contributed by atoms with van der Waals surface area (Å²) in [4.78, 5) is 18.5. The van der Waals surface area contributed by atoms with E-state index in [0.29, 0.717) is 12.4 Å². The van der Waals surface area contributed by atoms with E-state index in [1.54, 1.807) is 17.0 Å². The topological polar surface area (TPSA) is 50.2 Å². The molecule has 0 aliphatic heterocycles. The van der Waals surface area contributed by atoms with Crippen LogP contribution in [0.3, 0.4) is 0 Å². The van der Waals surface area contributed by atoms with E-state index in [1.807, 2.05) is 25.1 Å². The standard InChI is InChI=1S/C17H24N4O/c1-4-21-11-10-18-16(17(21)22)19-14(2)12-20(3)13-15-8-6-5-7-9-15/h5-11,14H,4,12-13H2,1-3H3,(H,18,19). The summed E-state index contributed by atoms with van der Waals surface area (Å²) in [6, 6.07) is 10.5. The van der Waals surface area contributed by atoms with Crippen LogP contribution in [-0.4, -0.2) is 34.1 Å². The van der Waals surface area contributed by atoms with Crippen LogP contribution >= 0.6 is 0 Å². The molecule has 1 atom stereocenters. The lowest BCUT2D eigenvalue weighted by Crippen LogP contribution is -2.35. The molecular weight excluding hydrogens is 276 g/mol. The van der Waals surface area contributed by atoms with Crippen LogP contribution in [0.4, 0.5) is 5.82 Å². The van der Waals surface area contributed by atoms with Crippen molar-refractivity contribution in [3.63, 3.8) is 0 Å². The van der Waals surface area contributed by atoms with Gasteiger partial charge in [0.15, 0.2) is 5.82 Å². The maximum absolute atomic E-state index is 12.1. The Bertz CT molecular complexity index is 639. The van der Waals surface area contributed by atoms with Crippen molar-refractivity contribution < 1.29 is 0 Å². The fourth-order valence-electron chi connectivity index (χ4n) is 2.50. The molecule has 1 aromatic carbocycles. The molecular formula is C17H24N4O. The van der Waals surface area contributed by atoms with E-state index in [2.05, 4.69) is 41.3 Å². The smallest absolute Gasteiger partial charge is 0.293 e. The Morgan fingerprint density at radius 2 is 2.05 bits per heavy atom. The van der Waals surface area contributed by atoms with E-state index >= 15 is 0 Å². The summed E-state index contributed by atoms with van der Waals surface area (Å²) in [5, 5.41) is 3.22. The summed E-state index contributed by atoms with van der Waals surface area (Å²) in [6.45, 7) is 6.37. The van der Waals surface area contributed by atoms with Crippen LogP contribution < -0.4 is 10.9 Å². The molecule has 2 rings (SSSR count). The number of nitrogens with zero attached hydrogens (tertiary/aromatic N) is 3. The van der Waals surface area contributed by atoms with E-state index in [0.717, 1.165) is 13.1 Å². The SMILES string of the molecule is CCn1ccnc(NC(C)CN(C)Cc2ccccc2)c1=O. The highest BCUT2D eigenvalue weighted by Crippen LogP contribution is 2.04. The van der Waals surface area contributed by atoms with Gasteiger partial charge in [0.2, 0.25) is 0 Å². The van der Waals surface area contributed by atoms with Crippen LogP contribution in [0.1, 0.15) is 19.4 Å². The second-order valence-electron chi connectivity index (χ2n) is 5.59. The van der Waals surface area contributed by atoms with Crippen molar-refractivity contribution in [3.8, 4) is 0 Å². The molecule has 0 aliphatic rings. The molecule has 5 nitrogen and oxygen atoms in total. The minimum atomic E-state index is -0.0671. The number of hydrogen-bond donors (Lipinski definition) is 1. The minimum absolute atomic E-state index is 0.0671. The first-order valence-corrected chi connectivity index (χ1v) is 7.64. The third-order valence-electron chi connectivity index (χ3n) is 3.52. The number of aromatic nitrogens is 2. The fraction of sp³-hybridized carbons (Fsp3) is 0.412. The first-order valence-electron chi connectivity index (χ1n) is 7.64. The first kappa shape index (κ1) is 16.2. The first-order chi connectivity index (χ1) is 10.6. The van der Waals surface area contributed by atoms with E-state index in [-0.39, 0.29) is 11.6 Å². The molecule has 0 spiro atoms. The summed E-state index contributed by atoms with van der Waals surface area (Å²) in [7, 11) is 2.08. The molecule has 1 heterocycles. The summed E-state index contributed by atoms with van der Waals surface area (Å²) in [5.41, 5.74) is 1.21. The number of likely N-dealkylation sites (N-methyl/N-ethyl adjacent to an activating group) is 1. The monoisotopic (exact) mass is 300 g/mol. The van der Waals surface area contributed by atoms with Crippen LogP contribution in [0.5, 0.6) is 0 Å². The zero-order chi connectivity index (χ0) is 15.9. The van der Waals surface area contributed by atoms with E-state index in [9.17, 15) is 4.79 Å². The maximum atomic E-state index is 12.1. The van der Waals surface area contributed by atoms with E-state index in [4.69, 9.17) is 0 Å². The Balaban J connectivity index is 1.93. The summed E-state index contributed by atoms with van der Waals surface area (Å²) in [6.07, 6.45) is 3.37. The predicted molar refractivity (Wildman–Crippen MR) is 90.0 cm³/mol.